The van der Waals surface area contributed by atoms with Crippen molar-refractivity contribution in [3.05, 3.63) is 96.0 Å². The molecule has 0 radical (unpaired) electrons. The zero-order valence-electron chi connectivity index (χ0n) is 19.1. The minimum absolute atomic E-state index is 0.297. The molecule has 3 aromatic carbocycles. The molecular formula is C27H25N3O4S. The second-order valence-corrected chi connectivity index (χ2v) is 8.44. The van der Waals surface area contributed by atoms with Crippen molar-refractivity contribution in [1.29, 1.82) is 0 Å². The molecule has 7 nitrogen and oxygen atoms in total. The number of aromatic nitrogens is 1. The third kappa shape index (κ3) is 6.45. The first-order chi connectivity index (χ1) is 17.1. The molecule has 0 saturated carbocycles. The van der Waals surface area contributed by atoms with Crippen LogP contribution < -0.4 is 20.1 Å². The van der Waals surface area contributed by atoms with Gasteiger partial charge in [0.1, 0.15) is 18.1 Å². The minimum Gasteiger partial charge on any atom is -0.491 e. The van der Waals surface area contributed by atoms with Crippen LogP contribution in [0.25, 0.3) is 11.1 Å². The third-order valence-electron chi connectivity index (χ3n) is 5.08. The maximum Gasteiger partial charge on any atom is 0.266 e. The van der Waals surface area contributed by atoms with Gasteiger partial charge in [-0.3, -0.25) is 14.9 Å². The lowest BCUT2D eigenvalue weighted by molar-refractivity contribution is -0.122. The van der Waals surface area contributed by atoms with Crippen LogP contribution in [-0.2, 0) is 4.79 Å². The molecular weight excluding hydrogens is 462 g/mol. The number of rotatable bonds is 10. The molecule has 0 aliphatic heterocycles. The topological polar surface area (TPSA) is 89.5 Å². The van der Waals surface area contributed by atoms with E-state index in [0.717, 1.165) is 16.9 Å². The number of carbonyl (C=O) groups excluding carboxylic acids is 2. The van der Waals surface area contributed by atoms with Gasteiger partial charge in [-0.05, 0) is 30.7 Å². The maximum absolute atomic E-state index is 12.8. The standard InChI is InChI=1S/C27H25N3O4S/c1-19(25(31)30-27-29-16-18-35-27)34-24-14-8-6-12-22(24)26(32)28-15-17-33-23-13-7-5-11-21(23)20-9-3-2-4-10-20/h2-14,16,18-19H,15,17H2,1H3,(H,28,32)(H,29,30,31). The summed E-state index contributed by atoms with van der Waals surface area (Å²) < 4.78 is 11.7. The van der Waals surface area contributed by atoms with Crippen LogP contribution in [0.15, 0.2) is 90.4 Å². The van der Waals surface area contributed by atoms with Crippen molar-refractivity contribution in [3.8, 4) is 22.6 Å². The van der Waals surface area contributed by atoms with Crippen molar-refractivity contribution < 1.29 is 19.1 Å². The Morgan fingerprint density at radius 2 is 1.66 bits per heavy atom. The molecule has 4 aromatic rings. The van der Waals surface area contributed by atoms with E-state index in [2.05, 4.69) is 15.6 Å². The van der Waals surface area contributed by atoms with E-state index in [0.29, 0.717) is 29.6 Å². The van der Waals surface area contributed by atoms with Gasteiger partial charge < -0.3 is 14.8 Å². The lowest BCUT2D eigenvalue weighted by Crippen LogP contribution is -2.32. The highest BCUT2D eigenvalue weighted by molar-refractivity contribution is 7.13. The summed E-state index contributed by atoms with van der Waals surface area (Å²) in [5.41, 5.74) is 2.39. The second-order valence-electron chi connectivity index (χ2n) is 7.55. The number of hydrogen-bond acceptors (Lipinski definition) is 6. The number of nitrogens with zero attached hydrogens (tertiary/aromatic N) is 1. The number of nitrogens with one attached hydrogen (secondary N) is 2. The molecule has 2 amide bonds. The molecule has 8 heteroatoms. The van der Waals surface area contributed by atoms with Gasteiger partial charge in [-0.1, -0.05) is 60.7 Å². The summed E-state index contributed by atoms with van der Waals surface area (Å²) in [6, 6.07) is 24.6. The molecule has 0 saturated heterocycles. The van der Waals surface area contributed by atoms with E-state index < -0.39 is 6.10 Å². The van der Waals surface area contributed by atoms with E-state index in [4.69, 9.17) is 9.47 Å². The van der Waals surface area contributed by atoms with Crippen molar-refractivity contribution in [3.63, 3.8) is 0 Å². The van der Waals surface area contributed by atoms with Crippen molar-refractivity contribution in [1.82, 2.24) is 10.3 Å². The second kappa shape index (κ2) is 11.8. The summed E-state index contributed by atoms with van der Waals surface area (Å²) in [5.74, 6) is 0.410. The quantitative estimate of drug-likeness (QED) is 0.307. The van der Waals surface area contributed by atoms with Crippen LogP contribution in [0.1, 0.15) is 17.3 Å². The van der Waals surface area contributed by atoms with Crippen molar-refractivity contribution in [2.45, 2.75) is 13.0 Å². The predicted octanol–water partition coefficient (Wildman–Crippen LogP) is 5.02. The largest absolute Gasteiger partial charge is 0.491 e. The number of ether oxygens (including phenoxy) is 2. The molecule has 4 rings (SSSR count). The van der Waals surface area contributed by atoms with Gasteiger partial charge >= 0.3 is 0 Å². The van der Waals surface area contributed by atoms with E-state index in [1.165, 1.54) is 11.3 Å². The van der Waals surface area contributed by atoms with Gasteiger partial charge in [-0.15, -0.1) is 11.3 Å². The molecule has 0 aliphatic rings. The summed E-state index contributed by atoms with van der Waals surface area (Å²) in [6.07, 6.45) is 0.792. The average Bonchev–Trinajstić information content (AvgIpc) is 3.40. The summed E-state index contributed by atoms with van der Waals surface area (Å²) in [5, 5.41) is 7.81. The van der Waals surface area contributed by atoms with E-state index in [1.54, 1.807) is 42.8 Å². The Morgan fingerprint density at radius 1 is 0.943 bits per heavy atom. The first-order valence-electron chi connectivity index (χ1n) is 11.1. The highest BCUT2D eigenvalue weighted by atomic mass is 32.1. The van der Waals surface area contributed by atoms with Crippen molar-refractivity contribution >= 4 is 28.3 Å². The fourth-order valence-corrected chi connectivity index (χ4v) is 3.89. The Kier molecular flexibility index (Phi) is 8.08. The van der Waals surface area contributed by atoms with Crippen molar-refractivity contribution in [2.75, 3.05) is 18.5 Å². The number of anilines is 1. The summed E-state index contributed by atoms with van der Waals surface area (Å²) >= 11 is 1.32. The van der Waals surface area contributed by atoms with E-state index in [1.807, 2.05) is 54.6 Å². The number of benzene rings is 3. The summed E-state index contributed by atoms with van der Waals surface area (Å²) in [6.45, 7) is 2.22. The van der Waals surface area contributed by atoms with Gasteiger partial charge in [0.2, 0.25) is 0 Å². The highest BCUT2D eigenvalue weighted by Crippen LogP contribution is 2.29. The summed E-state index contributed by atoms with van der Waals surface area (Å²) in [7, 11) is 0. The molecule has 1 unspecified atom stereocenters. The van der Waals surface area contributed by atoms with Gasteiger partial charge in [0.25, 0.3) is 11.8 Å². The van der Waals surface area contributed by atoms with Crippen LogP contribution >= 0.6 is 11.3 Å². The smallest absolute Gasteiger partial charge is 0.266 e. The lowest BCUT2D eigenvalue weighted by Gasteiger charge is -2.17. The molecule has 0 bridgehead atoms. The van der Waals surface area contributed by atoms with Gasteiger partial charge in [0.15, 0.2) is 11.2 Å². The van der Waals surface area contributed by atoms with E-state index >= 15 is 0 Å². The average molecular weight is 488 g/mol. The van der Waals surface area contributed by atoms with Gasteiger partial charge in [-0.2, -0.15) is 0 Å². The molecule has 0 fully saturated rings. The van der Waals surface area contributed by atoms with E-state index in [-0.39, 0.29) is 11.8 Å². The number of hydrogen-bond donors (Lipinski definition) is 2. The molecule has 1 heterocycles. The van der Waals surface area contributed by atoms with Gasteiger partial charge in [0, 0.05) is 17.1 Å². The molecule has 2 N–H and O–H groups in total. The van der Waals surface area contributed by atoms with E-state index in [9.17, 15) is 9.59 Å². The first-order valence-corrected chi connectivity index (χ1v) is 12.0. The fourth-order valence-electron chi connectivity index (χ4n) is 3.36. The molecule has 35 heavy (non-hydrogen) atoms. The molecule has 0 aliphatic carbocycles. The Morgan fingerprint density at radius 3 is 2.43 bits per heavy atom. The minimum atomic E-state index is -0.814. The Labute approximate surface area is 207 Å². The lowest BCUT2D eigenvalue weighted by atomic mass is 10.1. The van der Waals surface area contributed by atoms with Crippen LogP contribution in [0.4, 0.5) is 5.13 Å². The monoisotopic (exact) mass is 487 g/mol. The molecule has 1 aromatic heterocycles. The predicted molar refractivity (Wildman–Crippen MR) is 137 cm³/mol. The van der Waals surface area contributed by atoms with Crippen LogP contribution in [0.5, 0.6) is 11.5 Å². The number of carbonyl (C=O) groups is 2. The SMILES string of the molecule is CC(Oc1ccccc1C(=O)NCCOc1ccccc1-c1ccccc1)C(=O)Nc1nccs1. The summed E-state index contributed by atoms with van der Waals surface area (Å²) in [4.78, 5) is 29.2. The van der Waals surface area contributed by atoms with Crippen LogP contribution in [0.3, 0.4) is 0 Å². The van der Waals surface area contributed by atoms with Crippen LogP contribution in [0, 0.1) is 0 Å². The maximum atomic E-state index is 12.8. The van der Waals surface area contributed by atoms with Crippen LogP contribution in [-0.4, -0.2) is 36.1 Å². The number of amides is 2. The normalized spacial score (nSPS) is 11.3. The zero-order chi connectivity index (χ0) is 24.5. The molecule has 0 spiro atoms. The third-order valence-corrected chi connectivity index (χ3v) is 5.77. The Hall–Kier alpha value is -4.17. The van der Waals surface area contributed by atoms with Gasteiger partial charge in [0.05, 0.1) is 12.1 Å². The number of para-hydroxylation sites is 2. The zero-order valence-corrected chi connectivity index (χ0v) is 20.0. The Bertz CT molecular complexity index is 1260. The van der Waals surface area contributed by atoms with Crippen molar-refractivity contribution in [2.24, 2.45) is 0 Å². The first kappa shape index (κ1) is 24.0. The highest BCUT2D eigenvalue weighted by Gasteiger charge is 2.19. The Balaban J connectivity index is 1.32. The fraction of sp³-hybridized carbons (Fsp3) is 0.148. The van der Waals surface area contributed by atoms with Gasteiger partial charge in [-0.25, -0.2) is 4.98 Å². The van der Waals surface area contributed by atoms with Crippen LogP contribution in [0.2, 0.25) is 0 Å². The molecule has 1 atom stereocenters. The molecule has 178 valence electrons. The number of thiazole rings is 1.